The van der Waals surface area contributed by atoms with Gasteiger partial charge in [0.1, 0.15) is 0 Å². The number of guanidine groups is 1. The van der Waals surface area contributed by atoms with Gasteiger partial charge in [0.2, 0.25) is 5.91 Å². The van der Waals surface area contributed by atoms with Crippen LogP contribution in [0.4, 0.5) is 11.4 Å². The zero-order chi connectivity index (χ0) is 22.1. The van der Waals surface area contributed by atoms with Gasteiger partial charge in [-0.2, -0.15) is 0 Å². The van der Waals surface area contributed by atoms with Crippen LogP contribution >= 0.6 is 0 Å². The van der Waals surface area contributed by atoms with Gasteiger partial charge in [-0.05, 0) is 42.7 Å². The van der Waals surface area contributed by atoms with Crippen molar-refractivity contribution < 1.29 is 14.3 Å². The number of nitrogens with zero attached hydrogens (tertiary/aromatic N) is 1. The number of hydrogen-bond donors (Lipinski definition) is 3. The number of methoxy groups -OCH3 is 2. The Kier molecular flexibility index (Phi) is 8.15. The van der Waals surface area contributed by atoms with Crippen LogP contribution in [0.5, 0.6) is 11.5 Å². The quantitative estimate of drug-likeness (QED) is 0.453. The predicted molar refractivity (Wildman–Crippen MR) is 125 cm³/mol. The fourth-order valence-corrected chi connectivity index (χ4v) is 3.78. The number of anilines is 2. The summed E-state index contributed by atoms with van der Waals surface area (Å²) < 4.78 is 10.6. The van der Waals surface area contributed by atoms with Crippen LogP contribution in [-0.4, -0.2) is 33.1 Å². The third-order valence-electron chi connectivity index (χ3n) is 5.50. The van der Waals surface area contributed by atoms with E-state index in [0.717, 1.165) is 42.6 Å². The Morgan fingerprint density at radius 3 is 2.42 bits per heavy atom. The van der Waals surface area contributed by atoms with E-state index >= 15 is 0 Å². The summed E-state index contributed by atoms with van der Waals surface area (Å²) in [6, 6.07) is 13.5. The molecule has 3 rings (SSSR count). The highest BCUT2D eigenvalue weighted by atomic mass is 16.5. The number of carbonyl (C=O) groups excluding carboxylic acids is 1. The largest absolute Gasteiger partial charge is 0.493 e. The van der Waals surface area contributed by atoms with Crippen molar-refractivity contribution in [3.05, 3.63) is 48.0 Å². The van der Waals surface area contributed by atoms with E-state index in [0.29, 0.717) is 24.0 Å². The summed E-state index contributed by atoms with van der Waals surface area (Å²) in [5.41, 5.74) is 2.72. The molecule has 1 amide bonds. The topological polar surface area (TPSA) is 84.0 Å². The van der Waals surface area contributed by atoms with E-state index in [9.17, 15) is 4.79 Å². The summed E-state index contributed by atoms with van der Waals surface area (Å²) in [4.78, 5) is 16.8. The van der Waals surface area contributed by atoms with Crippen molar-refractivity contribution in [2.75, 3.05) is 31.9 Å². The summed E-state index contributed by atoms with van der Waals surface area (Å²) in [6.45, 7) is 0.570. The first-order chi connectivity index (χ1) is 15.1. The first kappa shape index (κ1) is 22.5. The van der Waals surface area contributed by atoms with Gasteiger partial charge in [0.15, 0.2) is 17.5 Å². The number of aliphatic imine (C=N–C) groups is 1. The van der Waals surface area contributed by atoms with E-state index in [1.54, 1.807) is 21.3 Å². The van der Waals surface area contributed by atoms with E-state index in [2.05, 4.69) is 20.9 Å². The molecule has 31 heavy (non-hydrogen) atoms. The minimum Gasteiger partial charge on any atom is -0.493 e. The van der Waals surface area contributed by atoms with Gasteiger partial charge in [-0.25, -0.2) is 0 Å². The molecule has 2 aromatic carbocycles. The van der Waals surface area contributed by atoms with Crippen LogP contribution in [0.1, 0.15) is 37.7 Å². The lowest BCUT2D eigenvalue weighted by atomic mass is 9.88. The maximum atomic E-state index is 12.5. The second-order valence-electron chi connectivity index (χ2n) is 7.65. The highest BCUT2D eigenvalue weighted by Crippen LogP contribution is 2.29. The molecule has 0 heterocycles. The van der Waals surface area contributed by atoms with Crippen LogP contribution in [-0.2, 0) is 11.3 Å². The lowest BCUT2D eigenvalue weighted by Gasteiger charge is -2.21. The fourth-order valence-electron chi connectivity index (χ4n) is 3.78. The van der Waals surface area contributed by atoms with Gasteiger partial charge in [0, 0.05) is 37.0 Å². The Labute approximate surface area is 184 Å². The molecule has 0 aliphatic heterocycles. The number of amides is 1. The summed E-state index contributed by atoms with van der Waals surface area (Å²) in [5, 5.41) is 9.63. The maximum absolute atomic E-state index is 12.5. The lowest BCUT2D eigenvalue weighted by Crippen LogP contribution is -2.30. The van der Waals surface area contributed by atoms with Gasteiger partial charge in [0.25, 0.3) is 0 Å². The molecule has 1 saturated carbocycles. The van der Waals surface area contributed by atoms with E-state index < -0.39 is 0 Å². The van der Waals surface area contributed by atoms with Crippen LogP contribution in [0.15, 0.2) is 47.5 Å². The minimum atomic E-state index is 0.135. The standard InChI is InChI=1S/C24H32N4O3/c1-25-24(28-20-12-13-21(30-2)22(15-20)31-3)26-16-17-8-7-11-19(14-17)27-23(29)18-9-5-4-6-10-18/h7-8,11-15,18H,4-6,9-10,16H2,1-3H3,(H,27,29)(H2,25,26,28). The Hall–Kier alpha value is -3.22. The third kappa shape index (κ3) is 6.38. The van der Waals surface area contributed by atoms with Crippen LogP contribution < -0.4 is 25.4 Å². The molecule has 166 valence electrons. The summed E-state index contributed by atoms with van der Waals surface area (Å²) in [7, 11) is 4.93. The Bertz CT molecular complexity index is 907. The van der Waals surface area contributed by atoms with Gasteiger partial charge in [-0.3, -0.25) is 9.79 Å². The zero-order valence-electron chi connectivity index (χ0n) is 18.5. The molecule has 1 aliphatic rings. The molecule has 7 heteroatoms. The molecule has 0 atom stereocenters. The van der Waals surface area contributed by atoms with E-state index in [1.807, 2.05) is 42.5 Å². The molecule has 0 saturated heterocycles. The maximum Gasteiger partial charge on any atom is 0.227 e. The second kappa shape index (κ2) is 11.2. The smallest absolute Gasteiger partial charge is 0.227 e. The molecule has 0 aromatic heterocycles. The van der Waals surface area contributed by atoms with Gasteiger partial charge < -0.3 is 25.4 Å². The molecule has 0 bridgehead atoms. The first-order valence-electron chi connectivity index (χ1n) is 10.7. The number of rotatable bonds is 7. The van der Waals surface area contributed by atoms with Crippen molar-refractivity contribution in [2.24, 2.45) is 10.9 Å². The number of hydrogen-bond acceptors (Lipinski definition) is 4. The summed E-state index contributed by atoms with van der Waals surface area (Å²) in [5.74, 6) is 2.21. The number of benzene rings is 2. The highest BCUT2D eigenvalue weighted by molar-refractivity contribution is 5.94. The van der Waals surface area contributed by atoms with E-state index in [-0.39, 0.29) is 11.8 Å². The number of nitrogens with one attached hydrogen (secondary N) is 3. The van der Waals surface area contributed by atoms with Crippen molar-refractivity contribution in [1.82, 2.24) is 5.32 Å². The van der Waals surface area contributed by atoms with Crippen molar-refractivity contribution in [3.63, 3.8) is 0 Å². The molecule has 1 fully saturated rings. The molecule has 0 spiro atoms. The predicted octanol–water partition coefficient (Wildman–Crippen LogP) is 4.41. The summed E-state index contributed by atoms with van der Waals surface area (Å²) >= 11 is 0. The van der Waals surface area contributed by atoms with E-state index in [1.165, 1.54) is 6.42 Å². The van der Waals surface area contributed by atoms with Crippen molar-refractivity contribution in [3.8, 4) is 11.5 Å². The number of carbonyl (C=O) groups is 1. The molecule has 3 N–H and O–H groups in total. The molecule has 1 aliphatic carbocycles. The normalized spacial score (nSPS) is 14.6. The van der Waals surface area contributed by atoms with Gasteiger partial charge in [-0.15, -0.1) is 0 Å². The molecular formula is C24H32N4O3. The fraction of sp³-hybridized carbons (Fsp3) is 0.417. The average Bonchev–Trinajstić information content (AvgIpc) is 2.82. The second-order valence-corrected chi connectivity index (χ2v) is 7.65. The summed E-state index contributed by atoms with van der Waals surface area (Å²) in [6.07, 6.45) is 5.52. The van der Waals surface area contributed by atoms with Crippen LogP contribution in [0.25, 0.3) is 0 Å². The van der Waals surface area contributed by atoms with Crippen molar-refractivity contribution in [2.45, 2.75) is 38.6 Å². The van der Waals surface area contributed by atoms with Gasteiger partial charge in [-0.1, -0.05) is 31.4 Å². The van der Waals surface area contributed by atoms with Gasteiger partial charge in [0.05, 0.1) is 14.2 Å². The monoisotopic (exact) mass is 424 g/mol. The Morgan fingerprint density at radius 2 is 1.71 bits per heavy atom. The first-order valence-corrected chi connectivity index (χ1v) is 10.7. The molecule has 2 aromatic rings. The van der Waals surface area contributed by atoms with Crippen LogP contribution in [0, 0.1) is 5.92 Å². The Balaban J connectivity index is 1.57. The lowest BCUT2D eigenvalue weighted by molar-refractivity contribution is -0.120. The van der Waals surface area contributed by atoms with Crippen molar-refractivity contribution >= 4 is 23.2 Å². The highest BCUT2D eigenvalue weighted by Gasteiger charge is 2.21. The SMILES string of the molecule is CN=C(NCc1cccc(NC(=O)C2CCCCC2)c1)Nc1ccc(OC)c(OC)c1. The molecule has 7 nitrogen and oxygen atoms in total. The van der Waals surface area contributed by atoms with E-state index in [4.69, 9.17) is 9.47 Å². The minimum absolute atomic E-state index is 0.135. The van der Waals surface area contributed by atoms with Gasteiger partial charge >= 0.3 is 0 Å². The van der Waals surface area contributed by atoms with Crippen LogP contribution in [0.2, 0.25) is 0 Å². The molecular weight excluding hydrogens is 392 g/mol. The number of ether oxygens (including phenoxy) is 2. The Morgan fingerprint density at radius 1 is 0.968 bits per heavy atom. The molecule has 0 radical (unpaired) electrons. The zero-order valence-corrected chi connectivity index (χ0v) is 18.5. The van der Waals surface area contributed by atoms with Crippen molar-refractivity contribution in [1.29, 1.82) is 0 Å². The third-order valence-corrected chi connectivity index (χ3v) is 5.50. The van der Waals surface area contributed by atoms with Crippen LogP contribution in [0.3, 0.4) is 0 Å². The average molecular weight is 425 g/mol. The molecule has 0 unspecified atom stereocenters.